The number of carbonyl (C=O) groups is 1. The van der Waals surface area contributed by atoms with Crippen molar-refractivity contribution in [3.8, 4) is 11.5 Å². The van der Waals surface area contributed by atoms with Crippen molar-refractivity contribution in [1.82, 2.24) is 14.8 Å². The van der Waals surface area contributed by atoms with Crippen LogP contribution in [0.2, 0.25) is 0 Å². The highest BCUT2D eigenvalue weighted by atomic mass is 16.5. The lowest BCUT2D eigenvalue weighted by Gasteiger charge is -2.34. The summed E-state index contributed by atoms with van der Waals surface area (Å²) in [6.07, 6.45) is 1.39. The molecule has 0 spiro atoms. The largest absolute Gasteiger partial charge is 0.457 e. The fourth-order valence-electron chi connectivity index (χ4n) is 4.19. The van der Waals surface area contributed by atoms with E-state index in [0.717, 1.165) is 34.8 Å². The topological polar surface area (TPSA) is 69.0 Å². The highest BCUT2D eigenvalue weighted by Crippen LogP contribution is 2.42. The van der Waals surface area contributed by atoms with Gasteiger partial charge in [-0.05, 0) is 49.1 Å². The zero-order chi connectivity index (χ0) is 20.0. The van der Waals surface area contributed by atoms with Gasteiger partial charge in [-0.25, -0.2) is 4.68 Å². The Labute approximate surface area is 169 Å². The molecule has 146 valence electrons. The molecule has 2 atom stereocenters. The molecule has 0 amide bonds. The lowest BCUT2D eigenvalue weighted by molar-refractivity contribution is -0.117. The molecule has 0 unspecified atom stereocenters. The molecule has 6 nitrogen and oxygen atoms in total. The Morgan fingerprint density at radius 3 is 2.69 bits per heavy atom. The van der Waals surface area contributed by atoms with Crippen molar-refractivity contribution >= 4 is 11.7 Å². The summed E-state index contributed by atoms with van der Waals surface area (Å²) in [4.78, 5) is 17.5. The number of allylic oxidation sites excluding steroid dienone is 2. The fraction of sp³-hybridized carbons (Fsp3) is 0.261. The van der Waals surface area contributed by atoms with Crippen molar-refractivity contribution in [2.24, 2.45) is 5.92 Å². The van der Waals surface area contributed by atoms with E-state index in [0.29, 0.717) is 24.1 Å². The van der Waals surface area contributed by atoms with Crippen LogP contribution in [-0.4, -0.2) is 20.5 Å². The average molecular weight is 386 g/mol. The molecule has 29 heavy (non-hydrogen) atoms. The van der Waals surface area contributed by atoms with E-state index in [1.54, 1.807) is 0 Å². The molecule has 0 bridgehead atoms. The standard InChI is InChI=1S/C23H22N4O2/c1-14-11-19-21(20(28)12-14)22(27-23(25-19)24-15(2)26-27)16-7-6-10-18(13-16)29-17-8-4-3-5-9-17/h3-10,13-14,22H,11-12H2,1-2H3,(H,24,25,26)/t14-,22+/m1/s1. The van der Waals surface area contributed by atoms with Crippen LogP contribution in [0, 0.1) is 12.8 Å². The summed E-state index contributed by atoms with van der Waals surface area (Å²) in [5.74, 6) is 3.35. The number of rotatable bonds is 3. The number of fused-ring (bicyclic) bond motifs is 1. The molecule has 2 heterocycles. The Morgan fingerprint density at radius 2 is 1.86 bits per heavy atom. The van der Waals surface area contributed by atoms with E-state index in [9.17, 15) is 4.79 Å². The van der Waals surface area contributed by atoms with Gasteiger partial charge < -0.3 is 10.1 Å². The first-order valence-corrected chi connectivity index (χ1v) is 9.88. The lowest BCUT2D eigenvalue weighted by atomic mass is 9.81. The molecular formula is C23H22N4O2. The molecule has 2 aliphatic rings. The Bertz CT molecular complexity index is 1120. The molecule has 6 heteroatoms. The second-order valence-corrected chi connectivity index (χ2v) is 7.77. The lowest BCUT2D eigenvalue weighted by Crippen LogP contribution is -2.33. The number of Topliss-reactive ketones (excluding diaryl/α,β-unsaturated/α-hetero) is 1. The van der Waals surface area contributed by atoms with Gasteiger partial charge in [0, 0.05) is 17.7 Å². The maximum absolute atomic E-state index is 13.0. The Hall–Kier alpha value is -3.41. The first-order chi connectivity index (χ1) is 14.1. The van der Waals surface area contributed by atoms with Gasteiger partial charge in [-0.15, -0.1) is 0 Å². The zero-order valence-corrected chi connectivity index (χ0v) is 16.4. The minimum atomic E-state index is -0.304. The summed E-state index contributed by atoms with van der Waals surface area (Å²) in [6.45, 7) is 3.97. The quantitative estimate of drug-likeness (QED) is 0.710. The molecule has 2 aromatic carbocycles. The number of aromatic nitrogens is 3. The van der Waals surface area contributed by atoms with Crippen LogP contribution in [0.25, 0.3) is 0 Å². The predicted molar refractivity (Wildman–Crippen MR) is 110 cm³/mol. The van der Waals surface area contributed by atoms with Crippen molar-refractivity contribution in [3.05, 3.63) is 77.3 Å². The third-order valence-corrected chi connectivity index (χ3v) is 5.38. The molecule has 1 aromatic heterocycles. The van der Waals surface area contributed by atoms with Gasteiger partial charge in [0.1, 0.15) is 23.4 Å². The summed E-state index contributed by atoms with van der Waals surface area (Å²) in [6, 6.07) is 17.2. The van der Waals surface area contributed by atoms with E-state index >= 15 is 0 Å². The van der Waals surface area contributed by atoms with E-state index in [4.69, 9.17) is 4.74 Å². The molecule has 1 N–H and O–H groups in total. The molecule has 3 aromatic rings. The Morgan fingerprint density at radius 1 is 1.07 bits per heavy atom. The molecule has 0 fully saturated rings. The van der Waals surface area contributed by atoms with Crippen LogP contribution in [0.1, 0.15) is 37.2 Å². The zero-order valence-electron chi connectivity index (χ0n) is 16.4. The van der Waals surface area contributed by atoms with E-state index in [1.807, 2.05) is 66.2 Å². The van der Waals surface area contributed by atoms with E-state index in [1.165, 1.54) is 0 Å². The summed E-state index contributed by atoms with van der Waals surface area (Å²) in [7, 11) is 0. The Kier molecular flexibility index (Phi) is 4.19. The summed E-state index contributed by atoms with van der Waals surface area (Å²) in [5.41, 5.74) is 2.71. The number of benzene rings is 2. The van der Waals surface area contributed by atoms with Crippen molar-refractivity contribution in [2.75, 3.05) is 5.32 Å². The van der Waals surface area contributed by atoms with Crippen LogP contribution < -0.4 is 10.1 Å². The van der Waals surface area contributed by atoms with Gasteiger partial charge in [0.05, 0.1) is 0 Å². The number of ether oxygens (including phenoxy) is 1. The second kappa shape index (κ2) is 6.88. The van der Waals surface area contributed by atoms with Crippen molar-refractivity contribution in [2.45, 2.75) is 32.7 Å². The van der Waals surface area contributed by atoms with Gasteiger partial charge in [0.2, 0.25) is 5.95 Å². The third kappa shape index (κ3) is 3.20. The molecule has 1 aliphatic heterocycles. The smallest absolute Gasteiger partial charge is 0.226 e. The first-order valence-electron chi connectivity index (χ1n) is 9.88. The van der Waals surface area contributed by atoms with Crippen LogP contribution in [0.4, 0.5) is 5.95 Å². The summed E-state index contributed by atoms with van der Waals surface area (Å²) < 4.78 is 7.84. The minimum Gasteiger partial charge on any atom is -0.457 e. The summed E-state index contributed by atoms with van der Waals surface area (Å²) >= 11 is 0. The van der Waals surface area contributed by atoms with Gasteiger partial charge >= 0.3 is 0 Å². The molecule has 0 saturated heterocycles. The van der Waals surface area contributed by atoms with E-state index in [2.05, 4.69) is 22.3 Å². The second-order valence-electron chi connectivity index (χ2n) is 7.77. The van der Waals surface area contributed by atoms with Crippen molar-refractivity contribution < 1.29 is 9.53 Å². The van der Waals surface area contributed by atoms with E-state index in [-0.39, 0.29) is 11.8 Å². The van der Waals surface area contributed by atoms with Gasteiger partial charge in [0.25, 0.3) is 0 Å². The van der Waals surface area contributed by atoms with Crippen LogP contribution in [-0.2, 0) is 4.79 Å². The fourth-order valence-corrected chi connectivity index (χ4v) is 4.19. The first kappa shape index (κ1) is 17.7. The average Bonchev–Trinajstić information content (AvgIpc) is 3.06. The maximum Gasteiger partial charge on any atom is 0.226 e. The minimum absolute atomic E-state index is 0.171. The van der Waals surface area contributed by atoms with Crippen LogP contribution in [0.15, 0.2) is 65.9 Å². The molecular weight excluding hydrogens is 364 g/mol. The maximum atomic E-state index is 13.0. The number of anilines is 1. The van der Waals surface area contributed by atoms with Gasteiger partial charge in [-0.3, -0.25) is 4.79 Å². The highest BCUT2D eigenvalue weighted by molar-refractivity contribution is 5.99. The van der Waals surface area contributed by atoms with E-state index < -0.39 is 0 Å². The number of para-hydroxylation sites is 1. The van der Waals surface area contributed by atoms with Gasteiger partial charge in [-0.2, -0.15) is 10.1 Å². The third-order valence-electron chi connectivity index (χ3n) is 5.38. The number of nitrogens with zero attached hydrogens (tertiary/aromatic N) is 3. The number of hydrogen-bond acceptors (Lipinski definition) is 5. The highest BCUT2D eigenvalue weighted by Gasteiger charge is 2.38. The number of aryl methyl sites for hydroxylation is 1. The predicted octanol–water partition coefficient (Wildman–Crippen LogP) is 4.65. The normalized spacial score (nSPS) is 20.7. The molecule has 0 saturated carbocycles. The van der Waals surface area contributed by atoms with Gasteiger partial charge in [0.15, 0.2) is 5.78 Å². The molecule has 0 radical (unpaired) electrons. The van der Waals surface area contributed by atoms with Crippen molar-refractivity contribution in [3.63, 3.8) is 0 Å². The van der Waals surface area contributed by atoms with Crippen LogP contribution in [0.5, 0.6) is 11.5 Å². The number of ketones is 1. The van der Waals surface area contributed by atoms with Gasteiger partial charge in [-0.1, -0.05) is 37.3 Å². The molecule has 5 rings (SSSR count). The van der Waals surface area contributed by atoms with Crippen molar-refractivity contribution in [1.29, 1.82) is 0 Å². The SMILES string of the molecule is Cc1nc2n(n1)[C@@H](c1cccc(Oc3ccccc3)c1)C1=C(C[C@@H](C)CC1=O)N2. The monoisotopic (exact) mass is 386 g/mol. The number of hydrogen-bond donors (Lipinski definition) is 1. The molecule has 1 aliphatic carbocycles. The van der Waals surface area contributed by atoms with Crippen LogP contribution >= 0.6 is 0 Å². The number of carbonyl (C=O) groups excluding carboxylic acids is 1. The Balaban J connectivity index is 1.59. The number of nitrogens with one attached hydrogen (secondary N) is 1. The summed E-state index contributed by atoms with van der Waals surface area (Å²) in [5, 5.41) is 7.93. The van der Waals surface area contributed by atoms with Crippen LogP contribution in [0.3, 0.4) is 0 Å².